The number of aryl methyl sites for hydroxylation is 1. The first-order valence-electron chi connectivity index (χ1n) is 7.95. The first kappa shape index (κ1) is 14.4. The van der Waals surface area contributed by atoms with E-state index in [0.29, 0.717) is 18.2 Å². The summed E-state index contributed by atoms with van der Waals surface area (Å²) in [7, 11) is 0. The van der Waals surface area contributed by atoms with Crippen LogP contribution >= 0.6 is 11.3 Å². The quantitative estimate of drug-likeness (QED) is 0.552. The van der Waals surface area contributed by atoms with Gasteiger partial charge in [0.2, 0.25) is 4.96 Å². The van der Waals surface area contributed by atoms with E-state index in [1.165, 1.54) is 16.9 Å². The number of nitrogens with zero attached hydrogens (tertiary/aromatic N) is 4. The number of ether oxygens (including phenoxy) is 2. The number of fused-ring (bicyclic) bond motifs is 2. The van der Waals surface area contributed by atoms with Gasteiger partial charge in [0.25, 0.3) is 0 Å². The van der Waals surface area contributed by atoms with E-state index in [1.807, 2.05) is 24.3 Å². The Kier molecular flexibility index (Phi) is 3.21. The Morgan fingerprint density at radius 3 is 2.68 bits per heavy atom. The van der Waals surface area contributed by atoms with E-state index >= 15 is 0 Å². The molecule has 6 nitrogen and oxygen atoms in total. The second-order valence-corrected chi connectivity index (χ2v) is 6.85. The van der Waals surface area contributed by atoms with E-state index in [-0.39, 0.29) is 6.10 Å². The summed E-state index contributed by atoms with van der Waals surface area (Å²) in [4.78, 5) is 0.744. The Labute approximate surface area is 147 Å². The summed E-state index contributed by atoms with van der Waals surface area (Å²) in [6.45, 7) is 2.45. The fourth-order valence-corrected chi connectivity index (χ4v) is 3.64. The van der Waals surface area contributed by atoms with E-state index < -0.39 is 0 Å². The molecule has 2 aromatic carbocycles. The normalized spacial score (nSPS) is 16.3. The molecule has 0 N–H and O–H groups in total. The molecule has 0 amide bonds. The topological polar surface area (TPSA) is 61.5 Å². The lowest BCUT2D eigenvalue weighted by molar-refractivity contribution is 0.0836. The highest BCUT2D eigenvalue weighted by molar-refractivity contribution is 7.19. The molecule has 3 heterocycles. The number of aromatic nitrogens is 4. The molecule has 2 aromatic heterocycles. The van der Waals surface area contributed by atoms with Crippen LogP contribution in [0.25, 0.3) is 15.5 Å². The van der Waals surface area contributed by atoms with Crippen LogP contribution in [-0.2, 0) is 0 Å². The molecule has 5 rings (SSSR count). The third-order valence-electron chi connectivity index (χ3n) is 4.11. The van der Waals surface area contributed by atoms with Crippen LogP contribution in [0.5, 0.6) is 11.5 Å². The summed E-state index contributed by atoms with van der Waals surface area (Å²) in [5, 5.41) is 14.1. The third-order valence-corrected chi connectivity index (χ3v) is 5.06. The maximum absolute atomic E-state index is 6.03. The molecular formula is C18H14N4O2S. The highest BCUT2D eigenvalue weighted by atomic mass is 32.1. The summed E-state index contributed by atoms with van der Waals surface area (Å²) in [6.07, 6.45) is -0.335. The second kappa shape index (κ2) is 5.56. The molecule has 1 unspecified atom stereocenters. The van der Waals surface area contributed by atoms with Crippen LogP contribution in [0.1, 0.15) is 17.5 Å². The molecule has 4 aromatic rings. The molecule has 0 fully saturated rings. The fraction of sp³-hybridized carbons (Fsp3) is 0.167. The monoisotopic (exact) mass is 350 g/mol. The maximum Gasteiger partial charge on any atom is 0.235 e. The standard InChI is InChI=1S/C18H14N4O2S/c1-11-6-8-12(9-7-11)17-21-22-16(19-20-18(22)25-17)15-10-23-13-4-2-3-5-14(13)24-15/h2-9,15H,10H2,1H3. The minimum Gasteiger partial charge on any atom is -0.485 e. The molecule has 0 aliphatic carbocycles. The first-order valence-corrected chi connectivity index (χ1v) is 8.77. The maximum atomic E-state index is 6.03. The van der Waals surface area contributed by atoms with Crippen molar-refractivity contribution in [2.45, 2.75) is 13.0 Å². The van der Waals surface area contributed by atoms with E-state index in [1.54, 1.807) is 4.52 Å². The number of hydrogen-bond donors (Lipinski definition) is 0. The zero-order chi connectivity index (χ0) is 16.8. The van der Waals surface area contributed by atoms with Gasteiger partial charge >= 0.3 is 0 Å². The van der Waals surface area contributed by atoms with Gasteiger partial charge in [-0.15, -0.1) is 10.2 Å². The van der Waals surface area contributed by atoms with Crippen molar-refractivity contribution < 1.29 is 9.47 Å². The number of rotatable bonds is 2. The van der Waals surface area contributed by atoms with Crippen molar-refractivity contribution in [3.8, 4) is 22.1 Å². The lowest BCUT2D eigenvalue weighted by atomic mass is 10.2. The molecule has 7 heteroatoms. The summed E-state index contributed by atoms with van der Waals surface area (Å²) >= 11 is 1.51. The zero-order valence-electron chi connectivity index (χ0n) is 13.4. The van der Waals surface area contributed by atoms with Gasteiger partial charge in [-0.05, 0) is 19.1 Å². The van der Waals surface area contributed by atoms with E-state index in [0.717, 1.165) is 21.3 Å². The van der Waals surface area contributed by atoms with Crippen LogP contribution in [0.4, 0.5) is 0 Å². The smallest absolute Gasteiger partial charge is 0.235 e. The Bertz CT molecular complexity index is 1050. The van der Waals surface area contributed by atoms with Crippen molar-refractivity contribution in [2.75, 3.05) is 6.61 Å². The van der Waals surface area contributed by atoms with Gasteiger partial charge < -0.3 is 9.47 Å². The lowest BCUT2D eigenvalue weighted by Crippen LogP contribution is -2.23. The van der Waals surface area contributed by atoms with Crippen molar-refractivity contribution >= 4 is 16.3 Å². The first-order chi connectivity index (χ1) is 12.3. The summed E-state index contributed by atoms with van der Waals surface area (Å²) in [5.74, 6) is 2.11. The predicted octanol–water partition coefficient (Wildman–Crippen LogP) is 3.67. The van der Waals surface area contributed by atoms with Gasteiger partial charge in [-0.2, -0.15) is 9.61 Å². The van der Waals surface area contributed by atoms with Crippen molar-refractivity contribution in [3.05, 3.63) is 59.9 Å². The zero-order valence-corrected chi connectivity index (χ0v) is 14.2. The SMILES string of the molecule is Cc1ccc(-c2nn3c(C4COc5ccccc5O4)nnc3s2)cc1. The lowest BCUT2D eigenvalue weighted by Gasteiger charge is -2.24. The van der Waals surface area contributed by atoms with E-state index in [2.05, 4.69) is 46.5 Å². The minimum absolute atomic E-state index is 0.335. The van der Waals surface area contributed by atoms with Gasteiger partial charge in [0.1, 0.15) is 11.6 Å². The molecule has 1 aliphatic heterocycles. The van der Waals surface area contributed by atoms with Crippen LogP contribution in [-0.4, -0.2) is 26.4 Å². The molecular weight excluding hydrogens is 336 g/mol. The van der Waals surface area contributed by atoms with Crippen LogP contribution in [0, 0.1) is 6.92 Å². The van der Waals surface area contributed by atoms with E-state index in [9.17, 15) is 0 Å². The van der Waals surface area contributed by atoms with Crippen LogP contribution in [0.15, 0.2) is 48.5 Å². The van der Waals surface area contributed by atoms with Gasteiger partial charge in [-0.1, -0.05) is 53.3 Å². The number of para-hydroxylation sites is 2. The van der Waals surface area contributed by atoms with Crippen molar-refractivity contribution in [1.29, 1.82) is 0 Å². The highest BCUT2D eigenvalue weighted by Gasteiger charge is 2.28. The number of benzene rings is 2. The Morgan fingerprint density at radius 2 is 1.84 bits per heavy atom. The Balaban J connectivity index is 1.51. The molecule has 1 atom stereocenters. The van der Waals surface area contributed by atoms with Crippen molar-refractivity contribution in [3.63, 3.8) is 0 Å². The third kappa shape index (κ3) is 2.44. The highest BCUT2D eigenvalue weighted by Crippen LogP contribution is 2.36. The van der Waals surface area contributed by atoms with E-state index in [4.69, 9.17) is 9.47 Å². The van der Waals surface area contributed by atoms with Crippen molar-refractivity contribution in [2.24, 2.45) is 0 Å². The van der Waals surface area contributed by atoms with Crippen molar-refractivity contribution in [1.82, 2.24) is 19.8 Å². The van der Waals surface area contributed by atoms with Gasteiger partial charge in [0.05, 0.1) is 0 Å². The fourth-order valence-electron chi connectivity index (χ4n) is 2.79. The second-order valence-electron chi connectivity index (χ2n) is 5.89. The summed E-state index contributed by atoms with van der Waals surface area (Å²) in [5.41, 5.74) is 2.29. The van der Waals surface area contributed by atoms with Crippen LogP contribution in [0.3, 0.4) is 0 Å². The van der Waals surface area contributed by atoms with Gasteiger partial charge in [-0.25, -0.2) is 0 Å². The number of hydrogen-bond acceptors (Lipinski definition) is 6. The summed E-state index contributed by atoms with van der Waals surface area (Å²) in [6, 6.07) is 15.9. The van der Waals surface area contributed by atoms with Gasteiger partial charge in [0, 0.05) is 5.56 Å². The molecule has 25 heavy (non-hydrogen) atoms. The Hall–Kier alpha value is -2.93. The average molecular weight is 350 g/mol. The largest absolute Gasteiger partial charge is 0.485 e. The van der Waals surface area contributed by atoms with Gasteiger partial charge in [-0.3, -0.25) is 0 Å². The van der Waals surface area contributed by atoms with Crippen LogP contribution in [0.2, 0.25) is 0 Å². The molecule has 0 radical (unpaired) electrons. The molecule has 0 saturated carbocycles. The Morgan fingerprint density at radius 1 is 1.04 bits per heavy atom. The van der Waals surface area contributed by atoms with Crippen LogP contribution < -0.4 is 9.47 Å². The summed E-state index contributed by atoms with van der Waals surface area (Å²) < 4.78 is 13.6. The molecule has 1 aliphatic rings. The molecule has 124 valence electrons. The predicted molar refractivity (Wildman–Crippen MR) is 94.1 cm³/mol. The average Bonchev–Trinajstić information content (AvgIpc) is 3.22. The van der Waals surface area contributed by atoms with Gasteiger partial charge in [0.15, 0.2) is 23.4 Å². The minimum atomic E-state index is -0.335. The molecule has 0 spiro atoms. The molecule has 0 saturated heterocycles. The molecule has 0 bridgehead atoms.